The van der Waals surface area contributed by atoms with Gasteiger partial charge in [-0.15, -0.1) is 0 Å². The fraction of sp³-hybridized carbons (Fsp3) is 0.158. The van der Waals surface area contributed by atoms with Crippen LogP contribution in [0.4, 0.5) is 0 Å². The topological polar surface area (TPSA) is 34.9 Å². The quantitative estimate of drug-likeness (QED) is 0.528. The van der Waals surface area contributed by atoms with Crippen LogP contribution in [-0.2, 0) is 12.3 Å². The zero-order valence-electron chi connectivity index (χ0n) is 13.0. The third-order valence-electron chi connectivity index (χ3n) is 3.50. The Hall–Kier alpha value is -2.33. The van der Waals surface area contributed by atoms with Crippen molar-refractivity contribution in [1.29, 1.82) is 0 Å². The minimum absolute atomic E-state index is 0.00286. The summed E-state index contributed by atoms with van der Waals surface area (Å²) >= 11 is 1.60. The first-order chi connectivity index (χ1) is 11.2. The first-order valence-electron chi connectivity index (χ1n) is 7.51. The summed E-state index contributed by atoms with van der Waals surface area (Å²) in [5.74, 6) is 0.797. The van der Waals surface area contributed by atoms with E-state index < -0.39 is 0 Å². The molecule has 23 heavy (non-hydrogen) atoms. The number of thioether (sulfide) groups is 1. The molecule has 0 fully saturated rings. The zero-order valence-corrected chi connectivity index (χ0v) is 13.8. The van der Waals surface area contributed by atoms with Gasteiger partial charge in [-0.3, -0.25) is 9.36 Å². The van der Waals surface area contributed by atoms with Gasteiger partial charge in [-0.05, 0) is 18.1 Å². The highest BCUT2D eigenvalue weighted by atomic mass is 32.2. The van der Waals surface area contributed by atoms with Gasteiger partial charge in [0.2, 0.25) is 0 Å². The second-order valence-electron chi connectivity index (χ2n) is 5.36. The third-order valence-corrected chi connectivity index (χ3v) is 4.54. The van der Waals surface area contributed by atoms with Crippen molar-refractivity contribution >= 4 is 11.8 Å². The smallest absolute Gasteiger partial charge is 0.254 e. The van der Waals surface area contributed by atoms with E-state index in [1.54, 1.807) is 22.4 Å². The molecule has 0 saturated carbocycles. The van der Waals surface area contributed by atoms with Crippen LogP contribution in [0.5, 0.6) is 0 Å². The molecular formula is C19H18N2OS. The first-order valence-corrected chi connectivity index (χ1v) is 8.50. The molecule has 0 bridgehead atoms. The lowest BCUT2D eigenvalue weighted by Gasteiger charge is -2.12. The molecule has 0 N–H and O–H groups in total. The van der Waals surface area contributed by atoms with E-state index in [4.69, 9.17) is 0 Å². The predicted molar refractivity (Wildman–Crippen MR) is 94.8 cm³/mol. The van der Waals surface area contributed by atoms with Crippen molar-refractivity contribution in [2.45, 2.75) is 24.4 Å². The van der Waals surface area contributed by atoms with Crippen LogP contribution in [0, 0.1) is 6.92 Å². The highest BCUT2D eigenvalue weighted by molar-refractivity contribution is 7.98. The average molecular weight is 322 g/mol. The molecule has 0 radical (unpaired) electrons. The lowest BCUT2D eigenvalue weighted by Crippen LogP contribution is -2.23. The van der Waals surface area contributed by atoms with E-state index in [0.29, 0.717) is 6.54 Å². The number of aryl methyl sites for hydroxylation is 1. The van der Waals surface area contributed by atoms with Crippen molar-refractivity contribution in [3.8, 4) is 0 Å². The number of aromatic nitrogens is 2. The molecule has 0 saturated heterocycles. The van der Waals surface area contributed by atoms with Gasteiger partial charge < -0.3 is 0 Å². The molecule has 0 unspecified atom stereocenters. The number of hydrogen-bond donors (Lipinski definition) is 0. The SMILES string of the molecule is Cc1cc(=O)n(Cc2ccccc2)c(SCc2ccccc2)n1. The van der Waals surface area contributed by atoms with Gasteiger partial charge in [0.15, 0.2) is 5.16 Å². The van der Waals surface area contributed by atoms with Crippen molar-refractivity contribution in [1.82, 2.24) is 9.55 Å². The third kappa shape index (κ3) is 4.11. The summed E-state index contributed by atoms with van der Waals surface area (Å²) in [6.07, 6.45) is 0. The molecule has 4 heteroatoms. The van der Waals surface area contributed by atoms with Gasteiger partial charge in [0.05, 0.1) is 6.54 Å². The summed E-state index contributed by atoms with van der Waals surface area (Å²) in [7, 11) is 0. The Kier molecular flexibility index (Phi) is 4.93. The molecule has 0 aliphatic rings. The summed E-state index contributed by atoms with van der Waals surface area (Å²) < 4.78 is 1.75. The van der Waals surface area contributed by atoms with Crippen molar-refractivity contribution < 1.29 is 0 Å². The van der Waals surface area contributed by atoms with Crippen molar-refractivity contribution in [3.63, 3.8) is 0 Å². The van der Waals surface area contributed by atoms with Crippen LogP contribution in [0.25, 0.3) is 0 Å². The molecule has 2 aromatic carbocycles. The van der Waals surface area contributed by atoms with Gasteiger partial charge in [0.25, 0.3) is 5.56 Å². The van der Waals surface area contributed by atoms with Crippen LogP contribution < -0.4 is 5.56 Å². The molecular weight excluding hydrogens is 304 g/mol. The fourth-order valence-electron chi connectivity index (χ4n) is 2.34. The maximum absolute atomic E-state index is 12.4. The van der Waals surface area contributed by atoms with Crippen LogP contribution in [0.1, 0.15) is 16.8 Å². The van der Waals surface area contributed by atoms with E-state index in [1.165, 1.54) is 5.56 Å². The van der Waals surface area contributed by atoms with Gasteiger partial charge in [0, 0.05) is 17.5 Å². The Bertz CT molecular complexity index is 829. The molecule has 1 aromatic heterocycles. The van der Waals surface area contributed by atoms with Gasteiger partial charge in [0.1, 0.15) is 0 Å². The molecule has 3 aromatic rings. The fourth-order valence-corrected chi connectivity index (χ4v) is 3.35. The lowest BCUT2D eigenvalue weighted by molar-refractivity contribution is 0.638. The molecule has 3 nitrogen and oxygen atoms in total. The zero-order chi connectivity index (χ0) is 16.1. The molecule has 0 aliphatic carbocycles. The van der Waals surface area contributed by atoms with Gasteiger partial charge in [-0.25, -0.2) is 4.98 Å². The van der Waals surface area contributed by atoms with Crippen LogP contribution in [0.2, 0.25) is 0 Å². The summed E-state index contributed by atoms with van der Waals surface area (Å²) in [5, 5.41) is 0.766. The van der Waals surface area contributed by atoms with E-state index in [0.717, 1.165) is 22.2 Å². The number of benzene rings is 2. The Morgan fingerprint density at radius 3 is 2.22 bits per heavy atom. The second-order valence-corrected chi connectivity index (χ2v) is 6.31. The van der Waals surface area contributed by atoms with Crippen LogP contribution in [0.15, 0.2) is 76.7 Å². The molecule has 0 amide bonds. The second kappa shape index (κ2) is 7.29. The maximum Gasteiger partial charge on any atom is 0.254 e. The molecule has 0 spiro atoms. The molecule has 0 aliphatic heterocycles. The molecule has 1 heterocycles. The summed E-state index contributed by atoms with van der Waals surface area (Å²) in [6.45, 7) is 2.41. The average Bonchev–Trinajstić information content (AvgIpc) is 2.57. The maximum atomic E-state index is 12.4. The Balaban J connectivity index is 1.87. The summed E-state index contributed by atoms with van der Waals surface area (Å²) in [5.41, 5.74) is 3.08. The van der Waals surface area contributed by atoms with Gasteiger partial charge in [-0.1, -0.05) is 72.4 Å². The van der Waals surface area contributed by atoms with Crippen molar-refractivity contribution in [2.24, 2.45) is 0 Å². The Morgan fingerprint density at radius 2 is 1.57 bits per heavy atom. The normalized spacial score (nSPS) is 10.7. The highest BCUT2D eigenvalue weighted by Gasteiger charge is 2.09. The van der Waals surface area contributed by atoms with E-state index in [1.807, 2.05) is 55.5 Å². The highest BCUT2D eigenvalue weighted by Crippen LogP contribution is 2.20. The van der Waals surface area contributed by atoms with Crippen LogP contribution >= 0.6 is 11.8 Å². The minimum Gasteiger partial charge on any atom is -0.283 e. The van der Waals surface area contributed by atoms with Gasteiger partial charge in [-0.2, -0.15) is 0 Å². The predicted octanol–water partition coefficient (Wildman–Crippen LogP) is 3.89. The van der Waals surface area contributed by atoms with Crippen molar-refractivity contribution in [3.05, 3.63) is 93.9 Å². The Morgan fingerprint density at radius 1 is 0.957 bits per heavy atom. The van der Waals surface area contributed by atoms with Crippen LogP contribution in [0.3, 0.4) is 0 Å². The lowest BCUT2D eigenvalue weighted by atomic mass is 10.2. The standard InChI is InChI=1S/C19H18N2OS/c1-15-12-18(22)21(13-16-8-4-2-5-9-16)19(20-15)23-14-17-10-6-3-7-11-17/h2-12H,13-14H2,1H3. The van der Waals surface area contributed by atoms with E-state index >= 15 is 0 Å². The molecule has 116 valence electrons. The van der Waals surface area contributed by atoms with E-state index in [2.05, 4.69) is 17.1 Å². The monoisotopic (exact) mass is 322 g/mol. The summed E-state index contributed by atoms with van der Waals surface area (Å²) in [6, 6.07) is 21.8. The van der Waals surface area contributed by atoms with Gasteiger partial charge >= 0.3 is 0 Å². The van der Waals surface area contributed by atoms with Crippen molar-refractivity contribution in [2.75, 3.05) is 0 Å². The minimum atomic E-state index is -0.00286. The number of hydrogen-bond acceptors (Lipinski definition) is 3. The Labute approximate surface area is 140 Å². The largest absolute Gasteiger partial charge is 0.283 e. The first kappa shape index (κ1) is 15.6. The number of rotatable bonds is 5. The molecule has 0 atom stereocenters. The summed E-state index contributed by atoms with van der Waals surface area (Å²) in [4.78, 5) is 17.0. The molecule has 3 rings (SSSR count). The number of nitrogens with zero attached hydrogens (tertiary/aromatic N) is 2. The van der Waals surface area contributed by atoms with E-state index in [-0.39, 0.29) is 5.56 Å². The van der Waals surface area contributed by atoms with Crippen LogP contribution in [-0.4, -0.2) is 9.55 Å². The van der Waals surface area contributed by atoms with E-state index in [9.17, 15) is 4.79 Å².